The zero-order valence-corrected chi connectivity index (χ0v) is 31.3. The highest BCUT2D eigenvalue weighted by atomic mass is 15.0. The second kappa shape index (κ2) is 13.1. The molecule has 0 amide bonds. The van der Waals surface area contributed by atoms with Gasteiger partial charge in [0.2, 0.25) is 0 Å². The van der Waals surface area contributed by atoms with Crippen molar-refractivity contribution in [1.82, 2.24) is 4.57 Å². The fourth-order valence-corrected chi connectivity index (χ4v) is 9.25. The Bertz CT molecular complexity index is 3150. The molecule has 0 radical (unpaired) electrons. The first-order valence-corrected chi connectivity index (χ1v) is 19.7. The molecule has 1 unspecified atom stereocenters. The first-order valence-electron chi connectivity index (χ1n) is 19.7. The van der Waals surface area contributed by atoms with Gasteiger partial charge in [-0.1, -0.05) is 171 Å². The molecule has 11 rings (SSSR count). The summed E-state index contributed by atoms with van der Waals surface area (Å²) in [6, 6.07) is 67.2. The number of aromatic nitrogens is 1. The van der Waals surface area contributed by atoms with E-state index in [4.69, 9.17) is 0 Å². The summed E-state index contributed by atoms with van der Waals surface area (Å²) in [5.74, 6) is 0.528. The molecule has 0 aliphatic heterocycles. The van der Waals surface area contributed by atoms with Crippen LogP contribution in [0.1, 0.15) is 18.9 Å². The van der Waals surface area contributed by atoms with Gasteiger partial charge in [0.15, 0.2) is 0 Å². The van der Waals surface area contributed by atoms with Crippen LogP contribution in [-0.4, -0.2) is 4.57 Å². The number of para-hydroxylation sites is 1. The summed E-state index contributed by atoms with van der Waals surface area (Å²) in [4.78, 5) is 0. The van der Waals surface area contributed by atoms with Gasteiger partial charge in [-0.25, -0.2) is 0 Å². The van der Waals surface area contributed by atoms with E-state index in [-0.39, 0.29) is 0 Å². The third-order valence-electron chi connectivity index (χ3n) is 11.9. The van der Waals surface area contributed by atoms with Gasteiger partial charge in [-0.15, -0.1) is 0 Å². The maximum absolute atomic E-state index is 2.42. The van der Waals surface area contributed by atoms with E-state index in [0.717, 1.165) is 12.1 Å². The van der Waals surface area contributed by atoms with E-state index in [2.05, 4.69) is 212 Å². The second-order valence-electron chi connectivity index (χ2n) is 15.4. The van der Waals surface area contributed by atoms with Gasteiger partial charge < -0.3 is 4.57 Å². The van der Waals surface area contributed by atoms with Crippen LogP contribution < -0.4 is 0 Å². The lowest BCUT2D eigenvalue weighted by Gasteiger charge is -2.22. The Morgan fingerprint density at radius 3 is 1.61 bits per heavy atom. The SMILES string of the molecule is CC1C=CC=C(c2c3ccccc3c(-c3ccc(-n4c5ccccc5c5cc(-c6ccc(-c7ccc8ccccc8c7)cc6)ccc54)cc3)c3ccccc23)C1. The standard InChI is InChI=1S/C55H39N/c1-36-11-10-14-44(33-36)55-49-18-6-4-16-47(49)54(48-17-5-7-19-50(48)55)40-27-30-45(31-28-40)56-52-20-9-8-15-46(52)51-35-43(29-32-53(51)56)39-23-21-38(22-24-39)42-26-25-37-12-2-3-13-41(37)34-42/h2-32,34-36H,33H2,1H3. The van der Waals surface area contributed by atoms with Crippen molar-refractivity contribution in [2.45, 2.75) is 13.3 Å². The molecule has 0 saturated carbocycles. The lowest BCUT2D eigenvalue weighted by molar-refractivity contribution is 0.750. The molecular weight excluding hydrogens is 675 g/mol. The molecule has 1 aliphatic carbocycles. The summed E-state index contributed by atoms with van der Waals surface area (Å²) >= 11 is 0. The summed E-state index contributed by atoms with van der Waals surface area (Å²) in [6.07, 6.45) is 7.92. The van der Waals surface area contributed by atoms with Crippen molar-refractivity contribution < 1.29 is 0 Å². The Kier molecular flexibility index (Phi) is 7.60. The highest BCUT2D eigenvalue weighted by molar-refractivity contribution is 6.19. The van der Waals surface area contributed by atoms with Crippen LogP contribution >= 0.6 is 0 Å². The number of hydrogen-bond acceptors (Lipinski definition) is 0. The first kappa shape index (κ1) is 32.5. The minimum atomic E-state index is 0.528. The molecule has 9 aromatic carbocycles. The van der Waals surface area contributed by atoms with E-state index >= 15 is 0 Å². The maximum atomic E-state index is 2.42. The zero-order valence-electron chi connectivity index (χ0n) is 31.3. The van der Waals surface area contributed by atoms with Crippen LogP contribution in [-0.2, 0) is 0 Å². The first-order chi connectivity index (χ1) is 27.7. The predicted molar refractivity (Wildman–Crippen MR) is 241 cm³/mol. The Hall–Kier alpha value is -6.96. The summed E-state index contributed by atoms with van der Waals surface area (Å²) in [5, 5.41) is 10.3. The van der Waals surface area contributed by atoms with Crippen molar-refractivity contribution in [3.05, 3.63) is 206 Å². The van der Waals surface area contributed by atoms with E-state index in [9.17, 15) is 0 Å². The molecule has 0 bridgehead atoms. The van der Waals surface area contributed by atoms with Crippen molar-refractivity contribution in [2.75, 3.05) is 0 Å². The van der Waals surface area contributed by atoms with Crippen LogP contribution in [0.25, 0.3) is 98.8 Å². The Balaban J connectivity index is 0.994. The molecule has 1 heteroatoms. The van der Waals surface area contributed by atoms with Crippen molar-refractivity contribution in [1.29, 1.82) is 0 Å². The van der Waals surface area contributed by atoms with E-state index in [1.807, 2.05) is 0 Å². The number of allylic oxidation sites excluding steroid dienone is 4. The maximum Gasteiger partial charge on any atom is 0.0541 e. The van der Waals surface area contributed by atoms with Crippen LogP contribution in [0.2, 0.25) is 0 Å². The Morgan fingerprint density at radius 2 is 0.929 bits per heavy atom. The Morgan fingerprint density at radius 1 is 0.411 bits per heavy atom. The average Bonchev–Trinajstić information content (AvgIpc) is 3.59. The van der Waals surface area contributed by atoms with E-state index < -0.39 is 0 Å². The minimum Gasteiger partial charge on any atom is -0.309 e. The second-order valence-corrected chi connectivity index (χ2v) is 15.4. The van der Waals surface area contributed by atoms with Crippen LogP contribution in [0.15, 0.2) is 200 Å². The van der Waals surface area contributed by atoms with Crippen molar-refractivity contribution in [3.8, 4) is 39.1 Å². The van der Waals surface area contributed by atoms with Gasteiger partial charge in [-0.05, 0) is 126 Å². The van der Waals surface area contributed by atoms with Crippen molar-refractivity contribution in [3.63, 3.8) is 0 Å². The Labute approximate surface area is 327 Å². The van der Waals surface area contributed by atoms with Crippen LogP contribution in [0.5, 0.6) is 0 Å². The molecule has 0 N–H and O–H groups in total. The van der Waals surface area contributed by atoms with Crippen molar-refractivity contribution in [2.24, 2.45) is 5.92 Å². The van der Waals surface area contributed by atoms with Gasteiger partial charge in [0.05, 0.1) is 11.0 Å². The highest BCUT2D eigenvalue weighted by Gasteiger charge is 2.20. The number of nitrogens with zero attached hydrogens (tertiary/aromatic N) is 1. The van der Waals surface area contributed by atoms with Gasteiger partial charge in [-0.3, -0.25) is 0 Å². The van der Waals surface area contributed by atoms with Gasteiger partial charge in [-0.2, -0.15) is 0 Å². The fraction of sp³-hybridized carbons (Fsp3) is 0.0545. The molecule has 10 aromatic rings. The highest BCUT2D eigenvalue weighted by Crippen LogP contribution is 2.44. The van der Waals surface area contributed by atoms with Gasteiger partial charge >= 0.3 is 0 Å². The van der Waals surface area contributed by atoms with Gasteiger partial charge in [0.1, 0.15) is 0 Å². The van der Waals surface area contributed by atoms with E-state index in [0.29, 0.717) is 5.92 Å². The monoisotopic (exact) mass is 713 g/mol. The number of benzene rings is 9. The minimum absolute atomic E-state index is 0.528. The molecule has 1 atom stereocenters. The lowest BCUT2D eigenvalue weighted by atomic mass is 9.82. The molecule has 1 aromatic heterocycles. The zero-order chi connectivity index (χ0) is 37.2. The molecule has 1 nitrogen and oxygen atoms in total. The normalized spacial score (nSPS) is 14.3. The van der Waals surface area contributed by atoms with Gasteiger partial charge in [0, 0.05) is 16.5 Å². The molecule has 264 valence electrons. The molecule has 0 spiro atoms. The van der Waals surface area contributed by atoms with Crippen molar-refractivity contribution >= 4 is 59.7 Å². The summed E-state index contributed by atoms with van der Waals surface area (Å²) < 4.78 is 2.42. The summed E-state index contributed by atoms with van der Waals surface area (Å²) in [6.45, 7) is 2.31. The van der Waals surface area contributed by atoms with Crippen LogP contribution in [0.3, 0.4) is 0 Å². The van der Waals surface area contributed by atoms with E-state index in [1.165, 1.54) is 98.6 Å². The predicted octanol–water partition coefficient (Wildman–Crippen LogP) is 15.2. The molecule has 0 saturated heterocycles. The number of rotatable bonds is 5. The molecule has 0 fully saturated rings. The molecule has 1 heterocycles. The quantitative estimate of drug-likeness (QED) is 0.157. The molecule has 56 heavy (non-hydrogen) atoms. The fourth-order valence-electron chi connectivity index (χ4n) is 9.25. The third kappa shape index (κ3) is 5.31. The largest absolute Gasteiger partial charge is 0.309 e. The number of fused-ring (bicyclic) bond motifs is 6. The molecular formula is C55H39N. The summed E-state index contributed by atoms with van der Waals surface area (Å²) in [5.41, 5.74) is 13.8. The molecule has 1 aliphatic rings. The number of hydrogen-bond donors (Lipinski definition) is 0. The van der Waals surface area contributed by atoms with Gasteiger partial charge in [0.25, 0.3) is 0 Å². The summed E-state index contributed by atoms with van der Waals surface area (Å²) in [7, 11) is 0. The van der Waals surface area contributed by atoms with E-state index in [1.54, 1.807) is 0 Å². The average molecular weight is 714 g/mol. The topological polar surface area (TPSA) is 4.93 Å². The smallest absolute Gasteiger partial charge is 0.0541 e. The van der Waals surface area contributed by atoms with Crippen LogP contribution in [0.4, 0.5) is 0 Å². The third-order valence-corrected chi connectivity index (χ3v) is 11.9. The van der Waals surface area contributed by atoms with Crippen LogP contribution in [0, 0.1) is 5.92 Å². The lowest BCUT2D eigenvalue weighted by Crippen LogP contribution is -2.00.